The van der Waals surface area contributed by atoms with Gasteiger partial charge in [0.1, 0.15) is 17.7 Å². The highest BCUT2D eigenvalue weighted by atomic mass is 19.1. The van der Waals surface area contributed by atoms with E-state index >= 15 is 0 Å². The van der Waals surface area contributed by atoms with Gasteiger partial charge in [0.05, 0.1) is 5.69 Å². The molecule has 0 fully saturated rings. The van der Waals surface area contributed by atoms with Crippen molar-refractivity contribution < 1.29 is 18.7 Å². The van der Waals surface area contributed by atoms with Crippen LogP contribution in [0.4, 0.5) is 8.78 Å². The lowest BCUT2D eigenvalue weighted by molar-refractivity contribution is -0.143. The zero-order valence-electron chi connectivity index (χ0n) is 13.5. The minimum Gasteiger partial charge on any atom is -0.480 e. The van der Waals surface area contributed by atoms with E-state index in [2.05, 4.69) is 5.10 Å². The van der Waals surface area contributed by atoms with E-state index in [0.29, 0.717) is 12.6 Å². The van der Waals surface area contributed by atoms with Crippen molar-refractivity contribution in [2.45, 2.75) is 26.4 Å². The molecule has 1 aromatic heterocycles. The molecular weight excluding hydrogens is 304 g/mol. The molecule has 23 heavy (non-hydrogen) atoms. The lowest BCUT2D eigenvalue weighted by Gasteiger charge is -2.25. The van der Waals surface area contributed by atoms with E-state index in [-0.39, 0.29) is 5.56 Å². The van der Waals surface area contributed by atoms with E-state index < -0.39 is 23.6 Å². The van der Waals surface area contributed by atoms with Crippen LogP contribution >= 0.6 is 0 Å². The Hall–Kier alpha value is -2.28. The van der Waals surface area contributed by atoms with E-state index in [0.717, 1.165) is 23.0 Å². The smallest absolute Gasteiger partial charge is 0.325 e. The average Bonchev–Trinajstić information content (AvgIpc) is 2.68. The fourth-order valence-corrected chi connectivity index (χ4v) is 2.67. The number of carboxylic acids is 1. The van der Waals surface area contributed by atoms with Gasteiger partial charge in [0.2, 0.25) is 0 Å². The van der Waals surface area contributed by atoms with Crippen LogP contribution < -0.4 is 0 Å². The number of hydrogen-bond donors (Lipinski definition) is 1. The van der Waals surface area contributed by atoms with Crippen LogP contribution in [0.2, 0.25) is 0 Å². The highest BCUT2D eigenvalue weighted by Crippen LogP contribution is 2.26. The molecule has 124 valence electrons. The summed E-state index contributed by atoms with van der Waals surface area (Å²) in [6.45, 7) is 4.02. The number of carboxylic acid groups (broad SMARTS) is 1. The van der Waals surface area contributed by atoms with E-state index in [1.165, 1.54) is 11.0 Å². The average molecular weight is 323 g/mol. The Morgan fingerprint density at radius 3 is 2.52 bits per heavy atom. The molecular formula is C16H19F2N3O2. The first-order chi connectivity index (χ1) is 10.7. The summed E-state index contributed by atoms with van der Waals surface area (Å²) in [4.78, 5) is 13.1. The Bertz CT molecular complexity index is 743. The maximum Gasteiger partial charge on any atom is 0.325 e. The number of halogens is 2. The maximum absolute atomic E-state index is 14.0. The topological polar surface area (TPSA) is 58.4 Å². The predicted octanol–water partition coefficient (Wildman–Crippen LogP) is 2.57. The Kier molecular flexibility index (Phi) is 4.79. The molecule has 1 N–H and O–H groups in total. The SMILES string of the molecule is Cc1nn(C)c(C)c1CN(C)[C@@H](C(=O)O)c1ccc(F)cc1F. The summed E-state index contributed by atoms with van der Waals surface area (Å²) in [6.07, 6.45) is 0. The molecule has 2 aromatic rings. The normalized spacial score (nSPS) is 12.7. The third kappa shape index (κ3) is 3.39. The van der Waals surface area contributed by atoms with Gasteiger partial charge in [0, 0.05) is 36.5 Å². The summed E-state index contributed by atoms with van der Waals surface area (Å²) in [7, 11) is 3.40. The first-order valence-electron chi connectivity index (χ1n) is 7.09. The van der Waals surface area contributed by atoms with Crippen LogP contribution in [-0.4, -0.2) is 32.8 Å². The lowest BCUT2D eigenvalue weighted by Crippen LogP contribution is -2.31. The van der Waals surface area contributed by atoms with Crippen molar-refractivity contribution >= 4 is 5.97 Å². The Labute approximate surface area is 133 Å². The third-order valence-electron chi connectivity index (χ3n) is 4.00. The molecule has 7 heteroatoms. The number of aliphatic carboxylic acids is 1. The molecule has 1 atom stereocenters. The quantitative estimate of drug-likeness (QED) is 0.919. The molecule has 0 unspecified atom stereocenters. The Morgan fingerprint density at radius 1 is 1.39 bits per heavy atom. The van der Waals surface area contributed by atoms with Crippen LogP contribution in [0.25, 0.3) is 0 Å². The fourth-order valence-electron chi connectivity index (χ4n) is 2.67. The van der Waals surface area contributed by atoms with E-state index in [9.17, 15) is 18.7 Å². The molecule has 0 radical (unpaired) electrons. The summed E-state index contributed by atoms with van der Waals surface area (Å²) in [5, 5.41) is 13.8. The zero-order valence-corrected chi connectivity index (χ0v) is 13.5. The minimum absolute atomic E-state index is 0.0689. The van der Waals surface area contributed by atoms with Gasteiger partial charge in [-0.2, -0.15) is 5.10 Å². The number of benzene rings is 1. The second-order valence-electron chi connectivity index (χ2n) is 5.59. The molecule has 0 aliphatic heterocycles. The monoisotopic (exact) mass is 323 g/mol. The molecule has 1 aromatic carbocycles. The van der Waals surface area contributed by atoms with Crippen molar-refractivity contribution in [2.24, 2.45) is 7.05 Å². The molecule has 0 aliphatic rings. The highest BCUT2D eigenvalue weighted by Gasteiger charge is 2.29. The summed E-state index contributed by atoms with van der Waals surface area (Å²) < 4.78 is 28.7. The number of aromatic nitrogens is 2. The van der Waals surface area contributed by atoms with Gasteiger partial charge in [0.25, 0.3) is 0 Å². The largest absolute Gasteiger partial charge is 0.480 e. The summed E-state index contributed by atoms with van der Waals surface area (Å²) in [5.41, 5.74) is 2.53. The van der Waals surface area contributed by atoms with E-state index in [4.69, 9.17) is 0 Å². The number of carbonyl (C=O) groups is 1. The lowest BCUT2D eigenvalue weighted by atomic mass is 10.0. The number of rotatable bonds is 5. The summed E-state index contributed by atoms with van der Waals surface area (Å²) in [5.74, 6) is -2.81. The molecule has 2 rings (SSSR count). The second-order valence-corrected chi connectivity index (χ2v) is 5.59. The molecule has 0 aliphatic carbocycles. The molecule has 0 saturated heterocycles. The molecule has 0 bridgehead atoms. The molecule has 1 heterocycles. The summed E-state index contributed by atoms with van der Waals surface area (Å²) in [6, 6.07) is 1.71. The van der Waals surface area contributed by atoms with Gasteiger partial charge in [-0.15, -0.1) is 0 Å². The first-order valence-corrected chi connectivity index (χ1v) is 7.09. The van der Waals surface area contributed by atoms with E-state index in [1.807, 2.05) is 13.8 Å². The molecule has 0 amide bonds. The second kappa shape index (κ2) is 6.45. The molecule has 5 nitrogen and oxygen atoms in total. The number of aryl methyl sites for hydroxylation is 2. The van der Waals surface area contributed by atoms with Crippen LogP contribution in [0.15, 0.2) is 18.2 Å². The zero-order chi connectivity index (χ0) is 17.3. The minimum atomic E-state index is -1.21. The van der Waals surface area contributed by atoms with Crippen LogP contribution in [0.1, 0.15) is 28.6 Å². The van der Waals surface area contributed by atoms with Crippen molar-refractivity contribution in [3.05, 3.63) is 52.3 Å². The predicted molar refractivity (Wildman–Crippen MR) is 80.9 cm³/mol. The van der Waals surface area contributed by atoms with Gasteiger partial charge in [-0.25, -0.2) is 8.78 Å². The fraction of sp³-hybridized carbons (Fsp3) is 0.375. The molecule has 0 saturated carbocycles. The van der Waals surface area contributed by atoms with Gasteiger partial charge in [-0.3, -0.25) is 14.4 Å². The first kappa shape index (κ1) is 17.1. The highest BCUT2D eigenvalue weighted by molar-refractivity contribution is 5.75. The van der Waals surface area contributed by atoms with Gasteiger partial charge < -0.3 is 5.11 Å². The van der Waals surface area contributed by atoms with Crippen LogP contribution in [0.3, 0.4) is 0 Å². The van der Waals surface area contributed by atoms with Crippen LogP contribution in [0, 0.1) is 25.5 Å². The number of nitrogens with zero attached hydrogens (tertiary/aromatic N) is 3. The third-order valence-corrected chi connectivity index (χ3v) is 4.00. The van der Waals surface area contributed by atoms with Gasteiger partial charge in [-0.05, 0) is 27.0 Å². The Morgan fingerprint density at radius 2 is 2.04 bits per heavy atom. The van der Waals surface area contributed by atoms with Gasteiger partial charge in [-0.1, -0.05) is 6.07 Å². The number of hydrogen-bond acceptors (Lipinski definition) is 3. The van der Waals surface area contributed by atoms with Crippen molar-refractivity contribution in [2.75, 3.05) is 7.05 Å². The standard InChI is InChI=1S/C16H19F2N3O2/c1-9-13(10(2)21(4)19-9)8-20(3)15(16(22)23)12-6-5-11(17)7-14(12)18/h5-7,15H,8H2,1-4H3,(H,22,23)/t15-/m1/s1. The van der Waals surface area contributed by atoms with E-state index in [1.54, 1.807) is 18.8 Å². The van der Waals surface area contributed by atoms with Crippen molar-refractivity contribution in [3.8, 4) is 0 Å². The van der Waals surface area contributed by atoms with Crippen molar-refractivity contribution in [3.63, 3.8) is 0 Å². The molecule has 0 spiro atoms. The summed E-state index contributed by atoms with van der Waals surface area (Å²) >= 11 is 0. The van der Waals surface area contributed by atoms with Crippen molar-refractivity contribution in [1.82, 2.24) is 14.7 Å². The van der Waals surface area contributed by atoms with Crippen molar-refractivity contribution in [1.29, 1.82) is 0 Å². The number of likely N-dealkylation sites (N-methyl/N-ethyl adjacent to an activating group) is 1. The van der Waals surface area contributed by atoms with Crippen LogP contribution in [-0.2, 0) is 18.4 Å². The van der Waals surface area contributed by atoms with Gasteiger partial charge >= 0.3 is 5.97 Å². The van der Waals surface area contributed by atoms with Crippen LogP contribution in [0.5, 0.6) is 0 Å². The van der Waals surface area contributed by atoms with Gasteiger partial charge in [0.15, 0.2) is 0 Å². The maximum atomic E-state index is 14.0. The Balaban J connectivity index is 2.36.